The van der Waals surface area contributed by atoms with Crippen LogP contribution in [0.2, 0.25) is 0 Å². The van der Waals surface area contributed by atoms with Gasteiger partial charge in [0.25, 0.3) is 11.8 Å². The van der Waals surface area contributed by atoms with Gasteiger partial charge in [-0.05, 0) is 67.4 Å². The summed E-state index contributed by atoms with van der Waals surface area (Å²) < 4.78 is 6.03. The zero-order valence-electron chi connectivity index (χ0n) is 16.4. The average molecular weight is 453 g/mol. The average Bonchev–Trinajstić information content (AvgIpc) is 2.71. The Kier molecular flexibility index (Phi) is 6.34. The summed E-state index contributed by atoms with van der Waals surface area (Å²) in [6.45, 7) is 4.01. The summed E-state index contributed by atoms with van der Waals surface area (Å²) >= 11 is 3.37. The van der Waals surface area contributed by atoms with Crippen molar-refractivity contribution in [2.75, 3.05) is 17.7 Å². The maximum absolute atomic E-state index is 12.8. The number of aryl methyl sites for hydroxylation is 2. The molecular weight excluding hydrogens is 432 g/mol. The standard InChI is InChI=1S/C23H21BrN2O3/c1-14-8-10-17(12-15(14)2)25-22(27)18-6-4-5-7-20(18)26-23(28)19-13-16(24)9-11-21(19)29-3/h4-13H,1-3H3,(H,25,27)(H,26,28). The second-order valence-electron chi connectivity index (χ2n) is 6.60. The maximum atomic E-state index is 12.8. The Balaban J connectivity index is 1.85. The van der Waals surface area contributed by atoms with Crippen molar-refractivity contribution in [3.05, 3.63) is 87.4 Å². The Bertz CT molecular complexity index is 1080. The first kappa shape index (κ1) is 20.6. The summed E-state index contributed by atoms with van der Waals surface area (Å²) in [6.07, 6.45) is 0. The van der Waals surface area contributed by atoms with Gasteiger partial charge in [0.1, 0.15) is 5.75 Å². The Hall–Kier alpha value is -3.12. The number of nitrogens with one attached hydrogen (secondary N) is 2. The summed E-state index contributed by atoms with van der Waals surface area (Å²) in [5.41, 5.74) is 4.10. The molecule has 3 aromatic carbocycles. The highest BCUT2D eigenvalue weighted by molar-refractivity contribution is 9.10. The molecule has 0 spiro atoms. The van der Waals surface area contributed by atoms with E-state index in [9.17, 15) is 9.59 Å². The minimum atomic E-state index is -0.366. The fourth-order valence-electron chi connectivity index (χ4n) is 2.86. The molecule has 0 unspecified atom stereocenters. The van der Waals surface area contributed by atoms with Gasteiger partial charge in [-0.2, -0.15) is 0 Å². The van der Waals surface area contributed by atoms with Crippen molar-refractivity contribution in [1.82, 2.24) is 0 Å². The number of carbonyl (C=O) groups excluding carboxylic acids is 2. The van der Waals surface area contributed by atoms with Gasteiger partial charge < -0.3 is 15.4 Å². The van der Waals surface area contributed by atoms with Crippen LogP contribution in [0.4, 0.5) is 11.4 Å². The number of carbonyl (C=O) groups is 2. The molecule has 3 aromatic rings. The van der Waals surface area contributed by atoms with E-state index in [2.05, 4.69) is 26.6 Å². The molecule has 0 aliphatic carbocycles. The number of hydrogen-bond donors (Lipinski definition) is 2. The van der Waals surface area contributed by atoms with Crippen LogP contribution in [0.5, 0.6) is 5.75 Å². The van der Waals surface area contributed by atoms with Gasteiger partial charge in [0, 0.05) is 10.2 Å². The van der Waals surface area contributed by atoms with Gasteiger partial charge >= 0.3 is 0 Å². The lowest BCUT2D eigenvalue weighted by Gasteiger charge is -2.13. The number of ether oxygens (including phenoxy) is 1. The molecule has 5 nitrogen and oxygen atoms in total. The molecule has 0 fully saturated rings. The predicted octanol–water partition coefficient (Wildman–Crippen LogP) is 5.58. The van der Waals surface area contributed by atoms with E-state index >= 15 is 0 Å². The van der Waals surface area contributed by atoms with Gasteiger partial charge in [-0.15, -0.1) is 0 Å². The molecule has 6 heteroatoms. The molecule has 3 rings (SSSR count). The smallest absolute Gasteiger partial charge is 0.259 e. The van der Waals surface area contributed by atoms with Gasteiger partial charge in [0.05, 0.1) is 23.9 Å². The van der Waals surface area contributed by atoms with Crippen LogP contribution in [0, 0.1) is 13.8 Å². The van der Waals surface area contributed by atoms with E-state index < -0.39 is 0 Å². The van der Waals surface area contributed by atoms with Crippen LogP contribution in [0.1, 0.15) is 31.8 Å². The number of halogens is 1. The predicted molar refractivity (Wildman–Crippen MR) is 119 cm³/mol. The fraction of sp³-hybridized carbons (Fsp3) is 0.130. The van der Waals surface area contributed by atoms with E-state index in [0.717, 1.165) is 15.6 Å². The lowest BCUT2D eigenvalue weighted by molar-refractivity contribution is 0.102. The maximum Gasteiger partial charge on any atom is 0.259 e. The highest BCUT2D eigenvalue weighted by Gasteiger charge is 2.17. The van der Waals surface area contributed by atoms with E-state index in [1.807, 2.05) is 32.0 Å². The van der Waals surface area contributed by atoms with Crippen molar-refractivity contribution >= 4 is 39.1 Å². The summed E-state index contributed by atoms with van der Waals surface area (Å²) in [4.78, 5) is 25.6. The van der Waals surface area contributed by atoms with Crippen molar-refractivity contribution in [3.8, 4) is 5.75 Å². The fourth-order valence-corrected chi connectivity index (χ4v) is 3.22. The molecule has 0 heterocycles. The summed E-state index contributed by atoms with van der Waals surface area (Å²) in [5.74, 6) is -0.220. The third kappa shape index (κ3) is 4.84. The third-order valence-electron chi connectivity index (χ3n) is 4.59. The zero-order valence-corrected chi connectivity index (χ0v) is 18.0. The van der Waals surface area contributed by atoms with Crippen LogP contribution in [-0.4, -0.2) is 18.9 Å². The summed E-state index contributed by atoms with van der Waals surface area (Å²) in [6, 6.07) is 17.8. The minimum Gasteiger partial charge on any atom is -0.496 e. The first-order valence-corrected chi connectivity index (χ1v) is 9.81. The minimum absolute atomic E-state index is 0.301. The van der Waals surface area contributed by atoms with Gasteiger partial charge in [-0.25, -0.2) is 0 Å². The molecule has 0 atom stereocenters. The summed E-state index contributed by atoms with van der Waals surface area (Å²) in [7, 11) is 1.50. The van der Waals surface area contributed by atoms with Crippen molar-refractivity contribution < 1.29 is 14.3 Å². The number of methoxy groups -OCH3 is 1. The van der Waals surface area contributed by atoms with Crippen LogP contribution in [0.3, 0.4) is 0 Å². The molecule has 0 saturated carbocycles. The molecule has 148 valence electrons. The van der Waals surface area contributed by atoms with E-state index in [1.165, 1.54) is 7.11 Å². The Morgan fingerprint density at radius 2 is 1.55 bits per heavy atom. The molecule has 0 saturated heterocycles. The van der Waals surface area contributed by atoms with E-state index in [4.69, 9.17) is 4.74 Å². The Morgan fingerprint density at radius 1 is 0.828 bits per heavy atom. The number of amides is 2. The zero-order chi connectivity index (χ0) is 21.0. The molecule has 0 radical (unpaired) electrons. The van der Waals surface area contributed by atoms with Gasteiger partial charge in [0.15, 0.2) is 0 Å². The molecule has 0 bridgehead atoms. The van der Waals surface area contributed by atoms with Crippen LogP contribution >= 0.6 is 15.9 Å². The van der Waals surface area contributed by atoms with Crippen LogP contribution in [0.25, 0.3) is 0 Å². The molecule has 0 aliphatic heterocycles. The highest BCUT2D eigenvalue weighted by atomic mass is 79.9. The van der Waals surface area contributed by atoms with E-state index in [1.54, 1.807) is 42.5 Å². The second kappa shape index (κ2) is 8.92. The topological polar surface area (TPSA) is 67.4 Å². The number of hydrogen-bond acceptors (Lipinski definition) is 3. The number of benzene rings is 3. The largest absolute Gasteiger partial charge is 0.496 e. The molecule has 2 amide bonds. The molecule has 2 N–H and O–H groups in total. The quantitative estimate of drug-likeness (QED) is 0.530. The number of anilines is 2. The van der Waals surface area contributed by atoms with Crippen molar-refractivity contribution in [1.29, 1.82) is 0 Å². The number of para-hydroxylation sites is 1. The van der Waals surface area contributed by atoms with Crippen molar-refractivity contribution in [3.63, 3.8) is 0 Å². The van der Waals surface area contributed by atoms with Crippen molar-refractivity contribution in [2.24, 2.45) is 0 Å². The molecule has 29 heavy (non-hydrogen) atoms. The van der Waals surface area contributed by atoms with Crippen LogP contribution < -0.4 is 15.4 Å². The summed E-state index contributed by atoms with van der Waals surface area (Å²) in [5, 5.41) is 5.70. The SMILES string of the molecule is COc1ccc(Br)cc1C(=O)Nc1ccccc1C(=O)Nc1ccc(C)c(C)c1. The van der Waals surface area contributed by atoms with Gasteiger partial charge in [-0.3, -0.25) is 9.59 Å². The normalized spacial score (nSPS) is 10.3. The highest BCUT2D eigenvalue weighted by Crippen LogP contribution is 2.25. The Morgan fingerprint density at radius 3 is 2.28 bits per heavy atom. The van der Waals surface area contributed by atoms with E-state index in [0.29, 0.717) is 28.3 Å². The Labute approximate surface area is 178 Å². The third-order valence-corrected chi connectivity index (χ3v) is 5.08. The number of rotatable bonds is 5. The first-order chi connectivity index (χ1) is 13.9. The molecule has 0 aromatic heterocycles. The van der Waals surface area contributed by atoms with E-state index in [-0.39, 0.29) is 11.8 Å². The first-order valence-electron chi connectivity index (χ1n) is 9.01. The van der Waals surface area contributed by atoms with Gasteiger partial charge in [0.2, 0.25) is 0 Å². The lowest BCUT2D eigenvalue weighted by atomic mass is 10.1. The molecule has 0 aliphatic rings. The van der Waals surface area contributed by atoms with Crippen LogP contribution in [0.15, 0.2) is 65.1 Å². The molecular formula is C23H21BrN2O3. The lowest BCUT2D eigenvalue weighted by Crippen LogP contribution is -2.18. The van der Waals surface area contributed by atoms with Crippen LogP contribution in [-0.2, 0) is 0 Å². The second-order valence-corrected chi connectivity index (χ2v) is 7.51. The van der Waals surface area contributed by atoms with Gasteiger partial charge in [-0.1, -0.05) is 34.1 Å². The monoisotopic (exact) mass is 452 g/mol. The van der Waals surface area contributed by atoms with Crippen molar-refractivity contribution in [2.45, 2.75) is 13.8 Å².